The minimum atomic E-state index is -0.903. The van der Waals surface area contributed by atoms with E-state index in [1.165, 1.54) is 19.3 Å². The summed E-state index contributed by atoms with van der Waals surface area (Å²) in [6.07, 6.45) is 4.41. The Hall–Kier alpha value is -0.900. The van der Waals surface area contributed by atoms with Crippen LogP contribution in [0, 0.1) is 0 Å². The number of benzene rings is 1. The molecule has 0 saturated carbocycles. The lowest BCUT2D eigenvalue weighted by Crippen LogP contribution is -2.38. The van der Waals surface area contributed by atoms with Crippen molar-refractivity contribution in [2.45, 2.75) is 38.2 Å². The highest BCUT2D eigenvalue weighted by Crippen LogP contribution is 2.23. The van der Waals surface area contributed by atoms with Crippen molar-refractivity contribution >= 4 is 0 Å². The second-order valence-electron chi connectivity index (χ2n) is 5.36. The first-order valence-corrected chi connectivity index (χ1v) is 7.29. The van der Waals surface area contributed by atoms with Crippen molar-refractivity contribution < 1.29 is 5.11 Å². The number of aliphatic hydroxyl groups is 1. The van der Waals surface area contributed by atoms with Gasteiger partial charge >= 0.3 is 0 Å². The Labute approximate surface area is 117 Å². The van der Waals surface area contributed by atoms with Gasteiger partial charge in [-0.2, -0.15) is 0 Å². The van der Waals surface area contributed by atoms with Crippen LogP contribution < -0.4 is 5.73 Å². The van der Waals surface area contributed by atoms with Crippen molar-refractivity contribution in [1.82, 2.24) is 4.90 Å². The number of hydrogen-bond acceptors (Lipinski definition) is 3. The molecular weight excluding hydrogens is 236 g/mol. The number of hydrogen-bond donors (Lipinski definition) is 2. The van der Waals surface area contributed by atoms with Gasteiger partial charge in [0, 0.05) is 13.1 Å². The van der Waals surface area contributed by atoms with E-state index in [9.17, 15) is 5.11 Å². The van der Waals surface area contributed by atoms with Crippen LogP contribution in [0.15, 0.2) is 30.3 Å². The highest BCUT2D eigenvalue weighted by Gasteiger charge is 2.27. The maximum Gasteiger partial charge on any atom is 0.103 e. The first-order chi connectivity index (χ1) is 9.12. The number of nitrogens with zero attached hydrogens (tertiary/aromatic N) is 1. The molecule has 1 unspecified atom stereocenters. The van der Waals surface area contributed by atoms with Gasteiger partial charge in [-0.3, -0.25) is 0 Å². The Balaban J connectivity index is 2.48. The number of rotatable bonds is 9. The van der Waals surface area contributed by atoms with Crippen LogP contribution in [0.3, 0.4) is 0 Å². The van der Waals surface area contributed by atoms with Gasteiger partial charge in [-0.25, -0.2) is 0 Å². The fourth-order valence-electron chi connectivity index (χ4n) is 2.23. The van der Waals surface area contributed by atoms with Gasteiger partial charge in [-0.1, -0.05) is 50.1 Å². The molecule has 0 aliphatic heterocycles. The molecule has 0 aromatic heterocycles. The Morgan fingerprint density at radius 2 is 1.84 bits per heavy atom. The fourth-order valence-corrected chi connectivity index (χ4v) is 2.23. The van der Waals surface area contributed by atoms with E-state index in [4.69, 9.17) is 5.73 Å². The lowest BCUT2D eigenvalue weighted by molar-refractivity contribution is 0.0280. The van der Waals surface area contributed by atoms with Gasteiger partial charge in [0.2, 0.25) is 0 Å². The molecule has 3 nitrogen and oxygen atoms in total. The smallest absolute Gasteiger partial charge is 0.103 e. The van der Waals surface area contributed by atoms with Crippen molar-refractivity contribution in [3.05, 3.63) is 35.9 Å². The van der Waals surface area contributed by atoms with Crippen LogP contribution in [-0.4, -0.2) is 36.7 Å². The zero-order chi connectivity index (χ0) is 14.1. The van der Waals surface area contributed by atoms with Crippen molar-refractivity contribution in [3.8, 4) is 0 Å². The average Bonchev–Trinajstić information content (AvgIpc) is 2.46. The molecule has 0 amide bonds. The highest BCUT2D eigenvalue weighted by atomic mass is 16.3. The second-order valence-corrected chi connectivity index (χ2v) is 5.36. The zero-order valence-corrected chi connectivity index (χ0v) is 12.3. The molecule has 3 heteroatoms. The van der Waals surface area contributed by atoms with Gasteiger partial charge in [0.05, 0.1) is 0 Å². The molecule has 0 saturated heterocycles. The summed E-state index contributed by atoms with van der Waals surface area (Å²) in [5, 5.41) is 10.7. The van der Waals surface area contributed by atoms with Crippen molar-refractivity contribution in [3.63, 3.8) is 0 Å². The third-order valence-electron chi connectivity index (χ3n) is 3.70. The van der Waals surface area contributed by atoms with Gasteiger partial charge in [0.15, 0.2) is 0 Å². The number of unbranched alkanes of at least 4 members (excludes halogenated alkanes) is 2. The zero-order valence-electron chi connectivity index (χ0n) is 12.3. The van der Waals surface area contributed by atoms with E-state index < -0.39 is 5.60 Å². The lowest BCUT2D eigenvalue weighted by atomic mass is 9.90. The lowest BCUT2D eigenvalue weighted by Gasteiger charge is -2.29. The fraction of sp³-hybridized carbons (Fsp3) is 0.625. The van der Waals surface area contributed by atoms with Gasteiger partial charge in [-0.15, -0.1) is 0 Å². The standard InChI is InChI=1S/C16H28N2O/c1-3-4-8-12-18(2)13-11-16(19,14-17)15-9-6-5-7-10-15/h5-7,9-10,19H,3-4,8,11-14,17H2,1-2H3. The molecule has 0 fully saturated rings. The SMILES string of the molecule is CCCCCN(C)CCC(O)(CN)c1ccccc1. The summed E-state index contributed by atoms with van der Waals surface area (Å²) in [6, 6.07) is 9.74. The first-order valence-electron chi connectivity index (χ1n) is 7.29. The number of nitrogens with two attached hydrogens (primary N) is 1. The Morgan fingerprint density at radius 3 is 2.42 bits per heavy atom. The highest BCUT2D eigenvalue weighted by molar-refractivity contribution is 5.22. The Kier molecular flexibility index (Phi) is 7.06. The maximum atomic E-state index is 10.7. The summed E-state index contributed by atoms with van der Waals surface area (Å²) >= 11 is 0. The van der Waals surface area contributed by atoms with Crippen molar-refractivity contribution in [1.29, 1.82) is 0 Å². The van der Waals surface area contributed by atoms with Crippen LogP contribution >= 0.6 is 0 Å². The van der Waals surface area contributed by atoms with E-state index in [-0.39, 0.29) is 6.54 Å². The average molecular weight is 264 g/mol. The van der Waals surface area contributed by atoms with Crippen LogP contribution in [-0.2, 0) is 5.60 Å². The molecule has 0 bridgehead atoms. The van der Waals surface area contributed by atoms with Crippen LogP contribution in [0.25, 0.3) is 0 Å². The first kappa shape index (κ1) is 16.2. The minimum absolute atomic E-state index is 0.264. The second kappa shape index (κ2) is 8.31. The molecule has 1 atom stereocenters. The Bertz CT molecular complexity index is 342. The summed E-state index contributed by atoms with van der Waals surface area (Å²) in [7, 11) is 2.11. The van der Waals surface area contributed by atoms with Crippen molar-refractivity contribution in [2.75, 3.05) is 26.7 Å². The van der Waals surface area contributed by atoms with Gasteiger partial charge in [0.1, 0.15) is 5.60 Å². The molecule has 19 heavy (non-hydrogen) atoms. The molecule has 0 radical (unpaired) electrons. The molecule has 0 heterocycles. The molecule has 1 aromatic carbocycles. The molecule has 0 spiro atoms. The van der Waals surface area contributed by atoms with Gasteiger partial charge < -0.3 is 15.7 Å². The maximum absolute atomic E-state index is 10.7. The van der Waals surface area contributed by atoms with E-state index in [1.54, 1.807) is 0 Å². The van der Waals surface area contributed by atoms with Crippen LogP contribution in [0.5, 0.6) is 0 Å². The molecule has 108 valence electrons. The van der Waals surface area contributed by atoms with E-state index in [0.29, 0.717) is 6.42 Å². The van der Waals surface area contributed by atoms with E-state index in [1.807, 2.05) is 30.3 Å². The predicted octanol–water partition coefficient (Wildman–Crippen LogP) is 2.34. The van der Waals surface area contributed by atoms with Crippen molar-refractivity contribution in [2.24, 2.45) is 5.73 Å². The van der Waals surface area contributed by atoms with Crippen LogP contribution in [0.1, 0.15) is 38.2 Å². The quantitative estimate of drug-likeness (QED) is 0.673. The van der Waals surface area contributed by atoms with E-state index in [0.717, 1.165) is 18.7 Å². The summed E-state index contributed by atoms with van der Waals surface area (Å²) < 4.78 is 0. The molecule has 0 aliphatic carbocycles. The van der Waals surface area contributed by atoms with Gasteiger partial charge in [-0.05, 0) is 32.0 Å². The summed E-state index contributed by atoms with van der Waals surface area (Å²) in [6.45, 7) is 4.43. The Morgan fingerprint density at radius 1 is 1.16 bits per heavy atom. The monoisotopic (exact) mass is 264 g/mol. The predicted molar refractivity (Wildman–Crippen MR) is 81.0 cm³/mol. The summed E-state index contributed by atoms with van der Waals surface area (Å²) in [5.74, 6) is 0. The largest absolute Gasteiger partial charge is 0.384 e. The van der Waals surface area contributed by atoms with E-state index >= 15 is 0 Å². The molecule has 0 aliphatic rings. The van der Waals surface area contributed by atoms with E-state index in [2.05, 4.69) is 18.9 Å². The molecular formula is C16H28N2O. The molecule has 1 aromatic rings. The molecule has 3 N–H and O–H groups in total. The summed E-state index contributed by atoms with van der Waals surface area (Å²) in [4.78, 5) is 2.28. The van der Waals surface area contributed by atoms with Crippen LogP contribution in [0.4, 0.5) is 0 Å². The third kappa shape index (κ3) is 5.31. The third-order valence-corrected chi connectivity index (χ3v) is 3.70. The summed E-state index contributed by atoms with van der Waals surface area (Å²) in [5.41, 5.74) is 5.79. The minimum Gasteiger partial charge on any atom is -0.384 e. The topological polar surface area (TPSA) is 49.5 Å². The van der Waals surface area contributed by atoms with Gasteiger partial charge in [0.25, 0.3) is 0 Å². The molecule has 1 rings (SSSR count). The normalized spacial score (nSPS) is 14.6. The van der Waals surface area contributed by atoms with Crippen LogP contribution in [0.2, 0.25) is 0 Å².